The summed E-state index contributed by atoms with van der Waals surface area (Å²) in [6, 6.07) is 20.9. The van der Waals surface area contributed by atoms with Gasteiger partial charge < -0.3 is 19.7 Å². The summed E-state index contributed by atoms with van der Waals surface area (Å²) in [6.45, 7) is 2.17. The van der Waals surface area contributed by atoms with Crippen molar-refractivity contribution in [3.63, 3.8) is 0 Å². The van der Waals surface area contributed by atoms with Crippen LogP contribution in [0.2, 0.25) is 0 Å². The van der Waals surface area contributed by atoms with E-state index in [0.717, 1.165) is 13.1 Å². The smallest absolute Gasteiger partial charge is 0.101 e. The predicted molar refractivity (Wildman–Crippen MR) is 86.5 cm³/mol. The van der Waals surface area contributed by atoms with E-state index in [2.05, 4.69) is 73.3 Å². The molecule has 128 valence electrons. The Morgan fingerprint density at radius 1 is 0.739 bits per heavy atom. The molecule has 0 fully saturated rings. The molecule has 0 heterocycles. The van der Waals surface area contributed by atoms with Crippen molar-refractivity contribution >= 4 is 10.4 Å². The molecular formula is C16H24N2O4S. The van der Waals surface area contributed by atoms with Crippen LogP contribution in [-0.2, 0) is 23.5 Å². The maximum atomic E-state index is 8.52. The Balaban J connectivity index is 0.000000332. The molecule has 0 aliphatic heterocycles. The molecule has 0 aliphatic carbocycles. The van der Waals surface area contributed by atoms with Gasteiger partial charge in [0.25, 0.3) is 0 Å². The second-order valence-electron chi connectivity index (χ2n) is 4.60. The van der Waals surface area contributed by atoms with E-state index in [0.29, 0.717) is 0 Å². The summed E-state index contributed by atoms with van der Waals surface area (Å²) in [5.41, 5.74) is 2.78. The van der Waals surface area contributed by atoms with Crippen LogP contribution in [0.1, 0.15) is 11.1 Å². The topological polar surface area (TPSA) is 113 Å². The molecule has 0 atom stereocenters. The van der Waals surface area contributed by atoms with Gasteiger partial charge in [-0.3, -0.25) is 8.42 Å². The molecule has 0 saturated carbocycles. The standard InChI is InChI=1S/2C8H11N.H2O4S/c2*1-9-7-8-5-3-2-4-6-8;1-5(2,3)4/h2*2-6,9H,7H2,1H3;(H2,1,2,3,4). The average molecular weight is 340 g/mol. The molecule has 0 bridgehead atoms. The van der Waals surface area contributed by atoms with Crippen LogP contribution in [0.15, 0.2) is 60.7 Å². The zero-order chi connectivity index (χ0) is 17.6. The first-order valence-corrected chi connectivity index (χ1v) is 8.50. The third kappa shape index (κ3) is 16.4. The van der Waals surface area contributed by atoms with Gasteiger partial charge >= 0.3 is 0 Å². The maximum absolute atomic E-state index is 8.52. The fourth-order valence-electron chi connectivity index (χ4n) is 1.70. The van der Waals surface area contributed by atoms with Crippen molar-refractivity contribution in [3.8, 4) is 0 Å². The van der Waals surface area contributed by atoms with Crippen LogP contribution in [0.3, 0.4) is 0 Å². The summed E-state index contributed by atoms with van der Waals surface area (Å²) in [4.78, 5) is 0. The lowest BCUT2D eigenvalue weighted by Gasteiger charge is -2.06. The van der Waals surface area contributed by atoms with Gasteiger partial charge in [0.15, 0.2) is 0 Å². The van der Waals surface area contributed by atoms with E-state index in [-0.39, 0.29) is 0 Å². The molecule has 0 unspecified atom stereocenters. The van der Waals surface area contributed by atoms with E-state index in [1.165, 1.54) is 11.1 Å². The van der Waals surface area contributed by atoms with Gasteiger partial charge in [0.05, 0.1) is 14.1 Å². The summed E-state index contributed by atoms with van der Waals surface area (Å²) >= 11 is 0. The molecule has 2 rings (SSSR count). The molecule has 0 amide bonds. The highest BCUT2D eigenvalue weighted by atomic mass is 32.3. The largest absolute Gasteiger partial charge is 0.759 e. The quantitative estimate of drug-likeness (QED) is 0.572. The monoisotopic (exact) mass is 340 g/mol. The van der Waals surface area contributed by atoms with Gasteiger partial charge in [-0.15, -0.1) is 0 Å². The van der Waals surface area contributed by atoms with Crippen LogP contribution >= 0.6 is 0 Å². The van der Waals surface area contributed by atoms with Gasteiger partial charge in [-0.25, -0.2) is 0 Å². The van der Waals surface area contributed by atoms with E-state index < -0.39 is 10.4 Å². The summed E-state index contributed by atoms with van der Waals surface area (Å²) < 4.78 is 34.1. The van der Waals surface area contributed by atoms with Crippen molar-refractivity contribution in [1.82, 2.24) is 0 Å². The first-order valence-electron chi connectivity index (χ1n) is 7.17. The second kappa shape index (κ2) is 12.7. The Labute approximate surface area is 138 Å². The maximum Gasteiger partial charge on any atom is 0.101 e. The van der Waals surface area contributed by atoms with E-state index in [4.69, 9.17) is 17.5 Å². The molecule has 4 N–H and O–H groups in total. The van der Waals surface area contributed by atoms with E-state index in [1.807, 2.05) is 12.1 Å². The normalized spacial score (nSPS) is 9.91. The summed E-state index contributed by atoms with van der Waals surface area (Å²) in [5.74, 6) is 0. The number of benzene rings is 2. The third-order valence-corrected chi connectivity index (χ3v) is 2.57. The average Bonchev–Trinajstić information content (AvgIpc) is 2.49. The molecule has 0 spiro atoms. The minimum absolute atomic E-state index is 1.08. The Kier molecular flexibility index (Phi) is 11.8. The number of hydrogen-bond donors (Lipinski definition) is 2. The Bertz CT molecular complexity index is 555. The third-order valence-electron chi connectivity index (χ3n) is 2.57. The fourth-order valence-corrected chi connectivity index (χ4v) is 1.70. The lowest BCUT2D eigenvalue weighted by Crippen LogP contribution is -2.77. The first kappa shape index (κ1) is 21.2. The Hall–Kier alpha value is -1.77. The van der Waals surface area contributed by atoms with Crippen molar-refractivity contribution in [2.75, 3.05) is 14.1 Å². The lowest BCUT2D eigenvalue weighted by atomic mass is 10.2. The second-order valence-corrected chi connectivity index (χ2v) is 5.42. The van der Waals surface area contributed by atoms with Crippen LogP contribution in [-0.4, -0.2) is 31.6 Å². The Morgan fingerprint density at radius 3 is 1.22 bits per heavy atom. The van der Waals surface area contributed by atoms with Crippen molar-refractivity contribution < 1.29 is 28.2 Å². The van der Waals surface area contributed by atoms with E-state index in [1.54, 1.807) is 0 Å². The van der Waals surface area contributed by atoms with Crippen LogP contribution in [0, 0.1) is 0 Å². The van der Waals surface area contributed by atoms with Crippen LogP contribution in [0.5, 0.6) is 0 Å². The number of hydrogen-bond acceptors (Lipinski definition) is 4. The van der Waals surface area contributed by atoms with Crippen molar-refractivity contribution in [2.24, 2.45) is 0 Å². The van der Waals surface area contributed by atoms with E-state index >= 15 is 0 Å². The van der Waals surface area contributed by atoms with Gasteiger partial charge in [0.1, 0.15) is 13.1 Å². The summed E-state index contributed by atoms with van der Waals surface area (Å²) in [5, 5.41) is 4.32. The van der Waals surface area contributed by atoms with Crippen molar-refractivity contribution in [2.45, 2.75) is 13.1 Å². The van der Waals surface area contributed by atoms with Crippen LogP contribution in [0.4, 0.5) is 0 Å². The lowest BCUT2D eigenvalue weighted by molar-refractivity contribution is -0.643. The molecule has 7 heteroatoms. The van der Waals surface area contributed by atoms with Gasteiger partial charge in [-0.1, -0.05) is 60.7 Å². The van der Waals surface area contributed by atoms with Gasteiger partial charge in [-0.2, -0.15) is 0 Å². The molecule has 6 nitrogen and oxygen atoms in total. The number of rotatable bonds is 4. The fraction of sp³-hybridized carbons (Fsp3) is 0.250. The first-order chi connectivity index (χ1) is 10.9. The van der Waals surface area contributed by atoms with Crippen LogP contribution < -0.4 is 10.6 Å². The molecule has 23 heavy (non-hydrogen) atoms. The molecule has 0 aromatic heterocycles. The minimum Gasteiger partial charge on any atom is -0.759 e. The predicted octanol–water partition coefficient (Wildman–Crippen LogP) is -0.578. The zero-order valence-corrected chi connectivity index (χ0v) is 14.2. The highest BCUT2D eigenvalue weighted by Crippen LogP contribution is 1.94. The highest BCUT2D eigenvalue weighted by molar-refractivity contribution is 7.79. The SMILES string of the molecule is C[NH2+]Cc1ccccc1.C[NH2+]Cc1ccccc1.O=S(=O)([O-])[O-]. The molecule has 0 saturated heterocycles. The Morgan fingerprint density at radius 2 is 1.00 bits per heavy atom. The summed E-state index contributed by atoms with van der Waals surface area (Å²) in [7, 11) is -1.01. The number of quaternary nitrogens is 2. The van der Waals surface area contributed by atoms with E-state index in [9.17, 15) is 0 Å². The molecule has 2 aromatic carbocycles. The summed E-state index contributed by atoms with van der Waals surface area (Å²) in [6.07, 6.45) is 0. The van der Waals surface area contributed by atoms with Gasteiger partial charge in [-0.05, 0) is 0 Å². The molecule has 0 radical (unpaired) electrons. The van der Waals surface area contributed by atoms with Gasteiger partial charge in [0.2, 0.25) is 0 Å². The molecule has 0 aliphatic rings. The molecule has 2 aromatic rings. The molecular weight excluding hydrogens is 316 g/mol. The highest BCUT2D eigenvalue weighted by Gasteiger charge is 1.87. The van der Waals surface area contributed by atoms with Crippen LogP contribution in [0.25, 0.3) is 0 Å². The minimum atomic E-state index is -5.17. The number of nitrogens with two attached hydrogens (primary N) is 2. The van der Waals surface area contributed by atoms with Crippen molar-refractivity contribution in [3.05, 3.63) is 71.8 Å². The van der Waals surface area contributed by atoms with Gasteiger partial charge in [0, 0.05) is 21.5 Å². The zero-order valence-electron chi connectivity index (χ0n) is 13.4. The van der Waals surface area contributed by atoms with Crippen molar-refractivity contribution in [1.29, 1.82) is 0 Å².